The normalized spacial score (nSPS) is 12.1. The van der Waals surface area contributed by atoms with Crippen molar-refractivity contribution in [1.82, 2.24) is 9.78 Å². The summed E-state index contributed by atoms with van der Waals surface area (Å²) in [6.07, 6.45) is 0.897. The van der Waals surface area contributed by atoms with Crippen molar-refractivity contribution in [2.24, 2.45) is 0 Å². The van der Waals surface area contributed by atoms with Crippen molar-refractivity contribution >= 4 is 22.7 Å². The van der Waals surface area contributed by atoms with Gasteiger partial charge in [-0.05, 0) is 32.0 Å². The van der Waals surface area contributed by atoms with Crippen molar-refractivity contribution < 1.29 is 13.9 Å². The number of carbonyl (C=O) groups is 1. The lowest BCUT2D eigenvalue weighted by molar-refractivity contribution is -0.122. The Labute approximate surface area is 137 Å². The molecule has 0 aliphatic carbocycles. The highest BCUT2D eigenvalue weighted by atomic mass is 16.5. The van der Waals surface area contributed by atoms with Gasteiger partial charge in [0.15, 0.2) is 6.10 Å². The van der Waals surface area contributed by atoms with E-state index in [1.54, 1.807) is 48.1 Å². The Morgan fingerprint density at radius 3 is 2.92 bits per heavy atom. The van der Waals surface area contributed by atoms with Crippen LogP contribution in [0.4, 0.5) is 5.82 Å². The number of benzene rings is 1. The van der Waals surface area contributed by atoms with Crippen LogP contribution in [-0.2, 0) is 11.3 Å². The van der Waals surface area contributed by atoms with E-state index in [9.17, 15) is 9.59 Å². The van der Waals surface area contributed by atoms with E-state index in [4.69, 9.17) is 9.15 Å². The van der Waals surface area contributed by atoms with E-state index in [2.05, 4.69) is 10.4 Å². The standard InChI is InChI=1S/C17H17N3O4/c1-3-20-15(8-9-18-20)19-17(22)11(2)23-13-6-4-12-5-7-16(21)24-14(12)10-13/h4-11H,3H2,1-2H3,(H,19,22). The van der Waals surface area contributed by atoms with Crippen molar-refractivity contribution in [2.45, 2.75) is 26.5 Å². The van der Waals surface area contributed by atoms with Gasteiger partial charge in [0.2, 0.25) is 0 Å². The monoisotopic (exact) mass is 327 g/mol. The first-order chi connectivity index (χ1) is 11.6. The van der Waals surface area contributed by atoms with Gasteiger partial charge in [-0.15, -0.1) is 0 Å². The van der Waals surface area contributed by atoms with Crippen LogP contribution in [0.3, 0.4) is 0 Å². The molecule has 124 valence electrons. The van der Waals surface area contributed by atoms with E-state index in [-0.39, 0.29) is 5.91 Å². The van der Waals surface area contributed by atoms with Crippen molar-refractivity contribution in [3.63, 3.8) is 0 Å². The smallest absolute Gasteiger partial charge is 0.336 e. The van der Waals surface area contributed by atoms with Crippen LogP contribution in [-0.4, -0.2) is 21.8 Å². The number of carbonyl (C=O) groups excluding carboxylic acids is 1. The van der Waals surface area contributed by atoms with E-state index in [1.807, 2.05) is 6.92 Å². The van der Waals surface area contributed by atoms with Crippen LogP contribution in [0.1, 0.15) is 13.8 Å². The van der Waals surface area contributed by atoms with E-state index < -0.39 is 11.7 Å². The molecular formula is C17H17N3O4. The molecule has 0 saturated carbocycles. The molecule has 7 nitrogen and oxygen atoms in total. The molecular weight excluding hydrogens is 310 g/mol. The molecule has 3 aromatic rings. The van der Waals surface area contributed by atoms with Gasteiger partial charge in [-0.25, -0.2) is 9.48 Å². The molecule has 0 spiro atoms. The lowest BCUT2D eigenvalue weighted by Gasteiger charge is -2.15. The van der Waals surface area contributed by atoms with Crippen LogP contribution >= 0.6 is 0 Å². The Kier molecular flexibility index (Phi) is 4.33. The summed E-state index contributed by atoms with van der Waals surface area (Å²) in [5.41, 5.74) is -0.0186. The molecule has 24 heavy (non-hydrogen) atoms. The number of fused-ring (bicyclic) bond motifs is 1. The predicted molar refractivity (Wildman–Crippen MR) is 89.1 cm³/mol. The molecule has 2 aromatic heterocycles. The zero-order valence-electron chi connectivity index (χ0n) is 13.4. The molecule has 0 aliphatic rings. The molecule has 0 fully saturated rings. The van der Waals surface area contributed by atoms with Crippen LogP contribution < -0.4 is 15.7 Å². The van der Waals surface area contributed by atoms with Crippen LogP contribution in [0, 0.1) is 0 Å². The molecule has 1 amide bonds. The zero-order valence-corrected chi connectivity index (χ0v) is 13.4. The van der Waals surface area contributed by atoms with E-state index in [0.717, 1.165) is 5.39 Å². The minimum atomic E-state index is -0.724. The lowest BCUT2D eigenvalue weighted by atomic mass is 10.2. The van der Waals surface area contributed by atoms with Crippen LogP contribution in [0.15, 0.2) is 51.8 Å². The van der Waals surface area contributed by atoms with Crippen molar-refractivity contribution in [3.05, 3.63) is 53.0 Å². The Hall–Kier alpha value is -3.09. The number of aryl methyl sites for hydroxylation is 1. The van der Waals surface area contributed by atoms with Gasteiger partial charge in [0.25, 0.3) is 5.91 Å². The molecule has 1 unspecified atom stereocenters. The van der Waals surface area contributed by atoms with Gasteiger partial charge in [0.05, 0.1) is 6.20 Å². The highest BCUT2D eigenvalue weighted by Crippen LogP contribution is 2.20. The van der Waals surface area contributed by atoms with Crippen LogP contribution in [0.2, 0.25) is 0 Å². The Bertz CT molecular complexity index is 929. The number of ether oxygens (including phenoxy) is 1. The number of aromatic nitrogens is 2. The second-order valence-electron chi connectivity index (χ2n) is 5.24. The fourth-order valence-corrected chi connectivity index (χ4v) is 2.29. The molecule has 0 saturated heterocycles. The quantitative estimate of drug-likeness (QED) is 0.727. The van der Waals surface area contributed by atoms with Gasteiger partial charge in [-0.2, -0.15) is 5.10 Å². The first-order valence-corrected chi connectivity index (χ1v) is 7.60. The van der Waals surface area contributed by atoms with Crippen molar-refractivity contribution in [3.8, 4) is 5.75 Å². The first kappa shape index (κ1) is 15.8. The lowest BCUT2D eigenvalue weighted by Crippen LogP contribution is -2.31. The Morgan fingerprint density at radius 1 is 1.33 bits per heavy atom. The van der Waals surface area contributed by atoms with Gasteiger partial charge >= 0.3 is 5.63 Å². The SMILES string of the molecule is CCn1nccc1NC(=O)C(C)Oc1ccc2ccc(=O)oc2c1. The molecule has 0 radical (unpaired) electrons. The van der Waals surface area contributed by atoms with Crippen molar-refractivity contribution in [2.75, 3.05) is 5.32 Å². The molecule has 7 heteroatoms. The molecule has 0 aliphatic heterocycles. The maximum Gasteiger partial charge on any atom is 0.336 e. The summed E-state index contributed by atoms with van der Waals surface area (Å²) in [6, 6.07) is 9.84. The Balaban J connectivity index is 1.73. The zero-order chi connectivity index (χ0) is 17.1. The third-order valence-corrected chi connectivity index (χ3v) is 3.54. The maximum atomic E-state index is 12.2. The average Bonchev–Trinajstić information content (AvgIpc) is 3.01. The summed E-state index contributed by atoms with van der Waals surface area (Å²) >= 11 is 0. The summed E-state index contributed by atoms with van der Waals surface area (Å²) in [7, 11) is 0. The third kappa shape index (κ3) is 3.29. The highest BCUT2D eigenvalue weighted by Gasteiger charge is 2.16. The Morgan fingerprint density at radius 2 is 2.12 bits per heavy atom. The average molecular weight is 327 g/mol. The second-order valence-corrected chi connectivity index (χ2v) is 5.24. The van der Waals surface area contributed by atoms with E-state index >= 15 is 0 Å². The minimum Gasteiger partial charge on any atom is -0.481 e. The number of nitrogens with one attached hydrogen (secondary N) is 1. The van der Waals surface area contributed by atoms with E-state index in [1.165, 1.54) is 6.07 Å². The van der Waals surface area contributed by atoms with Gasteiger partial charge < -0.3 is 14.5 Å². The van der Waals surface area contributed by atoms with Crippen LogP contribution in [0.5, 0.6) is 5.75 Å². The van der Waals surface area contributed by atoms with Crippen molar-refractivity contribution in [1.29, 1.82) is 0 Å². The molecule has 1 atom stereocenters. The first-order valence-electron chi connectivity index (χ1n) is 7.60. The maximum absolute atomic E-state index is 12.2. The number of hydrogen-bond donors (Lipinski definition) is 1. The predicted octanol–water partition coefficient (Wildman–Crippen LogP) is 2.42. The van der Waals surface area contributed by atoms with Gasteiger partial charge in [0, 0.05) is 30.1 Å². The molecule has 1 N–H and O–H groups in total. The molecule has 0 bridgehead atoms. The summed E-state index contributed by atoms with van der Waals surface area (Å²) in [6.45, 7) is 4.24. The van der Waals surface area contributed by atoms with E-state index in [0.29, 0.717) is 23.7 Å². The largest absolute Gasteiger partial charge is 0.481 e. The second kappa shape index (κ2) is 6.57. The number of hydrogen-bond acceptors (Lipinski definition) is 5. The fraction of sp³-hybridized carbons (Fsp3) is 0.235. The topological polar surface area (TPSA) is 86.4 Å². The molecule has 3 rings (SSSR count). The summed E-state index contributed by atoms with van der Waals surface area (Å²) in [4.78, 5) is 23.5. The number of amides is 1. The summed E-state index contributed by atoms with van der Waals surface area (Å²) in [5, 5.41) is 7.65. The fourth-order valence-electron chi connectivity index (χ4n) is 2.29. The molecule has 2 heterocycles. The number of anilines is 1. The molecule has 1 aromatic carbocycles. The summed E-state index contributed by atoms with van der Waals surface area (Å²) < 4.78 is 12.4. The van der Waals surface area contributed by atoms with Gasteiger partial charge in [-0.3, -0.25) is 4.79 Å². The number of rotatable bonds is 5. The number of nitrogens with zero attached hydrogens (tertiary/aromatic N) is 2. The third-order valence-electron chi connectivity index (χ3n) is 3.54. The van der Waals surface area contributed by atoms with Crippen LogP contribution in [0.25, 0.3) is 11.0 Å². The van der Waals surface area contributed by atoms with Gasteiger partial charge in [0.1, 0.15) is 17.2 Å². The summed E-state index contributed by atoms with van der Waals surface area (Å²) in [5.74, 6) is 0.769. The highest BCUT2D eigenvalue weighted by molar-refractivity contribution is 5.93. The van der Waals surface area contributed by atoms with Gasteiger partial charge in [-0.1, -0.05) is 0 Å². The minimum absolute atomic E-state index is 0.292.